The maximum absolute atomic E-state index is 12.4. The van der Waals surface area contributed by atoms with Gasteiger partial charge in [0.1, 0.15) is 0 Å². The molecule has 5 nitrogen and oxygen atoms in total. The van der Waals surface area contributed by atoms with Crippen LogP contribution in [0.5, 0.6) is 0 Å². The largest absolute Gasteiger partial charge is 0.469 e. The van der Waals surface area contributed by atoms with Crippen molar-refractivity contribution in [2.45, 2.75) is 39.2 Å². The Balaban J connectivity index is 2.54. The standard InChI is InChI=1S/C18H26ClNO4/c1-13(18(23)24-3)11-20(12-14(2)21)17(22)6-4-5-15-7-9-16(19)10-8-15/h7-10,13-14,21H,4-6,11-12H2,1-3H3. The van der Waals surface area contributed by atoms with Crippen molar-refractivity contribution in [2.24, 2.45) is 5.92 Å². The number of ether oxygens (including phenoxy) is 1. The maximum Gasteiger partial charge on any atom is 0.310 e. The van der Waals surface area contributed by atoms with Gasteiger partial charge in [-0.25, -0.2) is 0 Å². The molecule has 1 rings (SSSR count). The van der Waals surface area contributed by atoms with Crippen molar-refractivity contribution in [2.75, 3.05) is 20.2 Å². The first-order valence-electron chi connectivity index (χ1n) is 8.11. The highest BCUT2D eigenvalue weighted by molar-refractivity contribution is 6.30. The number of hydrogen-bond acceptors (Lipinski definition) is 4. The van der Waals surface area contributed by atoms with Crippen LogP contribution in [0, 0.1) is 5.92 Å². The fourth-order valence-electron chi connectivity index (χ4n) is 2.46. The summed E-state index contributed by atoms with van der Waals surface area (Å²) in [5.74, 6) is -0.853. The van der Waals surface area contributed by atoms with E-state index in [1.54, 1.807) is 13.8 Å². The van der Waals surface area contributed by atoms with Crippen LogP contribution >= 0.6 is 11.6 Å². The molecule has 0 aliphatic carbocycles. The SMILES string of the molecule is COC(=O)C(C)CN(CC(C)O)C(=O)CCCc1ccc(Cl)cc1. The number of carbonyl (C=O) groups is 2. The average Bonchev–Trinajstić information content (AvgIpc) is 2.54. The number of aliphatic hydroxyl groups excluding tert-OH is 1. The molecule has 0 saturated heterocycles. The van der Waals surface area contributed by atoms with Crippen LogP contribution in [0.2, 0.25) is 5.02 Å². The summed E-state index contributed by atoms with van der Waals surface area (Å²) < 4.78 is 4.70. The van der Waals surface area contributed by atoms with E-state index in [0.29, 0.717) is 17.9 Å². The fourth-order valence-corrected chi connectivity index (χ4v) is 2.58. The zero-order chi connectivity index (χ0) is 18.1. The number of rotatable bonds is 9. The molecule has 2 atom stereocenters. The van der Waals surface area contributed by atoms with Crippen molar-refractivity contribution >= 4 is 23.5 Å². The topological polar surface area (TPSA) is 66.8 Å². The van der Waals surface area contributed by atoms with Crippen molar-refractivity contribution in [3.8, 4) is 0 Å². The van der Waals surface area contributed by atoms with Crippen molar-refractivity contribution in [1.29, 1.82) is 0 Å². The van der Waals surface area contributed by atoms with Gasteiger partial charge in [-0.15, -0.1) is 0 Å². The van der Waals surface area contributed by atoms with E-state index in [9.17, 15) is 14.7 Å². The summed E-state index contributed by atoms with van der Waals surface area (Å²) >= 11 is 5.85. The quantitative estimate of drug-likeness (QED) is 0.691. The lowest BCUT2D eigenvalue weighted by Gasteiger charge is -2.26. The lowest BCUT2D eigenvalue weighted by Crippen LogP contribution is -2.41. The highest BCUT2D eigenvalue weighted by Crippen LogP contribution is 2.13. The van der Waals surface area contributed by atoms with E-state index >= 15 is 0 Å². The van der Waals surface area contributed by atoms with E-state index in [4.69, 9.17) is 16.3 Å². The molecule has 1 N–H and O–H groups in total. The molecule has 0 heterocycles. The van der Waals surface area contributed by atoms with Gasteiger partial charge in [0.25, 0.3) is 0 Å². The van der Waals surface area contributed by atoms with Crippen molar-refractivity contribution in [1.82, 2.24) is 4.90 Å². The van der Waals surface area contributed by atoms with Crippen LogP contribution in [-0.2, 0) is 20.7 Å². The van der Waals surface area contributed by atoms with E-state index in [2.05, 4.69) is 0 Å². The smallest absolute Gasteiger partial charge is 0.310 e. The second-order valence-electron chi connectivity index (χ2n) is 6.05. The lowest BCUT2D eigenvalue weighted by molar-refractivity contribution is -0.146. The molecule has 0 radical (unpaired) electrons. The van der Waals surface area contributed by atoms with E-state index < -0.39 is 12.0 Å². The van der Waals surface area contributed by atoms with Gasteiger partial charge in [0.15, 0.2) is 0 Å². The van der Waals surface area contributed by atoms with Gasteiger partial charge in [0, 0.05) is 24.5 Å². The third kappa shape index (κ3) is 7.32. The number of nitrogens with zero attached hydrogens (tertiary/aromatic N) is 1. The van der Waals surface area contributed by atoms with Gasteiger partial charge < -0.3 is 14.7 Å². The number of methoxy groups -OCH3 is 1. The highest BCUT2D eigenvalue weighted by Gasteiger charge is 2.22. The predicted octanol–water partition coefficient (Wildman–Crippen LogP) is 2.68. The Bertz CT molecular complexity index is 530. The summed E-state index contributed by atoms with van der Waals surface area (Å²) in [6.45, 7) is 3.79. The number of hydrogen-bond donors (Lipinski definition) is 1. The molecule has 24 heavy (non-hydrogen) atoms. The molecule has 0 aliphatic rings. The zero-order valence-electron chi connectivity index (χ0n) is 14.5. The number of carbonyl (C=O) groups excluding carboxylic acids is 2. The molecule has 1 aromatic carbocycles. The number of aryl methyl sites for hydroxylation is 1. The van der Waals surface area contributed by atoms with Gasteiger partial charge in [-0.05, 0) is 37.5 Å². The Morgan fingerprint density at radius 3 is 2.38 bits per heavy atom. The third-order valence-electron chi connectivity index (χ3n) is 3.70. The first-order valence-corrected chi connectivity index (χ1v) is 8.49. The predicted molar refractivity (Wildman–Crippen MR) is 93.8 cm³/mol. The second-order valence-corrected chi connectivity index (χ2v) is 6.49. The van der Waals surface area contributed by atoms with Crippen LogP contribution in [0.1, 0.15) is 32.3 Å². The molecule has 1 aromatic rings. The maximum atomic E-state index is 12.4. The molecule has 0 bridgehead atoms. The van der Waals surface area contributed by atoms with Crippen LogP contribution in [0.4, 0.5) is 0 Å². The van der Waals surface area contributed by atoms with Crippen LogP contribution < -0.4 is 0 Å². The Labute approximate surface area is 148 Å². The number of halogens is 1. The Morgan fingerprint density at radius 2 is 1.83 bits per heavy atom. The number of aliphatic hydroxyl groups is 1. The minimum Gasteiger partial charge on any atom is -0.469 e. The van der Waals surface area contributed by atoms with Gasteiger partial charge in [-0.1, -0.05) is 30.7 Å². The molecule has 0 aliphatic heterocycles. The Hall–Kier alpha value is -1.59. The Kier molecular flexibility index (Phi) is 8.79. The molecular formula is C18H26ClNO4. The van der Waals surface area contributed by atoms with Crippen molar-refractivity contribution < 1.29 is 19.4 Å². The van der Waals surface area contributed by atoms with E-state index in [1.165, 1.54) is 12.0 Å². The van der Waals surface area contributed by atoms with Gasteiger partial charge >= 0.3 is 5.97 Å². The van der Waals surface area contributed by atoms with Crippen LogP contribution in [0.25, 0.3) is 0 Å². The monoisotopic (exact) mass is 355 g/mol. The van der Waals surface area contributed by atoms with E-state index in [1.807, 2.05) is 24.3 Å². The fraction of sp³-hybridized carbons (Fsp3) is 0.556. The molecule has 134 valence electrons. The summed E-state index contributed by atoms with van der Waals surface area (Å²) in [5.41, 5.74) is 1.12. The molecule has 0 fully saturated rings. The number of benzene rings is 1. The average molecular weight is 356 g/mol. The first-order chi connectivity index (χ1) is 11.3. The van der Waals surface area contributed by atoms with Crippen molar-refractivity contribution in [3.63, 3.8) is 0 Å². The number of esters is 1. The number of amides is 1. The Morgan fingerprint density at radius 1 is 1.21 bits per heavy atom. The zero-order valence-corrected chi connectivity index (χ0v) is 15.3. The second kappa shape index (κ2) is 10.3. The van der Waals surface area contributed by atoms with Crippen LogP contribution in [-0.4, -0.2) is 48.2 Å². The molecular weight excluding hydrogens is 330 g/mol. The lowest BCUT2D eigenvalue weighted by atomic mass is 10.1. The summed E-state index contributed by atoms with van der Waals surface area (Å²) in [6.07, 6.45) is 1.19. The summed E-state index contributed by atoms with van der Waals surface area (Å²) in [7, 11) is 1.33. The highest BCUT2D eigenvalue weighted by atomic mass is 35.5. The summed E-state index contributed by atoms with van der Waals surface area (Å²) in [6, 6.07) is 7.55. The molecule has 1 amide bonds. The molecule has 6 heteroatoms. The first kappa shape index (κ1) is 20.5. The van der Waals surface area contributed by atoms with E-state index in [0.717, 1.165) is 12.0 Å². The van der Waals surface area contributed by atoms with E-state index in [-0.39, 0.29) is 25.0 Å². The van der Waals surface area contributed by atoms with Crippen LogP contribution in [0.3, 0.4) is 0 Å². The van der Waals surface area contributed by atoms with Gasteiger partial charge in [-0.2, -0.15) is 0 Å². The van der Waals surface area contributed by atoms with Crippen molar-refractivity contribution in [3.05, 3.63) is 34.9 Å². The molecule has 0 spiro atoms. The minimum atomic E-state index is -0.643. The van der Waals surface area contributed by atoms with Crippen LogP contribution in [0.15, 0.2) is 24.3 Å². The molecule has 0 saturated carbocycles. The van der Waals surface area contributed by atoms with Gasteiger partial charge in [0.2, 0.25) is 5.91 Å². The third-order valence-corrected chi connectivity index (χ3v) is 3.96. The molecule has 2 unspecified atom stereocenters. The molecule has 0 aromatic heterocycles. The normalized spacial score (nSPS) is 13.2. The summed E-state index contributed by atoms with van der Waals surface area (Å²) in [4.78, 5) is 25.5. The van der Waals surface area contributed by atoms with Gasteiger partial charge in [-0.3, -0.25) is 9.59 Å². The summed E-state index contributed by atoms with van der Waals surface area (Å²) in [5, 5.41) is 10.3. The van der Waals surface area contributed by atoms with Gasteiger partial charge in [0.05, 0.1) is 19.1 Å². The minimum absolute atomic E-state index is 0.0689.